The van der Waals surface area contributed by atoms with E-state index >= 15 is 0 Å². The van der Waals surface area contributed by atoms with Crippen LogP contribution in [0.1, 0.15) is 290 Å². The lowest BCUT2D eigenvalue weighted by molar-refractivity contribution is -0.302. The molecule has 0 radical (unpaired) electrons. The number of amides is 1. The van der Waals surface area contributed by atoms with Gasteiger partial charge in [0.2, 0.25) is 5.91 Å². The van der Waals surface area contributed by atoms with Crippen LogP contribution in [0.5, 0.6) is 0 Å². The largest absolute Gasteiger partial charge is 0.394 e. The first-order valence-electron chi connectivity index (χ1n) is 29.6. The lowest BCUT2D eigenvalue weighted by atomic mass is 9.99. The number of carbonyl (C=O) groups excluding carboxylic acids is 1. The topological polar surface area (TPSA) is 149 Å². The molecular formula is C59H113NO8. The van der Waals surface area contributed by atoms with Crippen molar-refractivity contribution in [1.29, 1.82) is 0 Å². The van der Waals surface area contributed by atoms with E-state index in [0.29, 0.717) is 6.42 Å². The summed E-state index contributed by atoms with van der Waals surface area (Å²) in [6.45, 7) is 3.77. The highest BCUT2D eigenvalue weighted by atomic mass is 16.7. The third-order valence-corrected chi connectivity index (χ3v) is 14.3. The van der Waals surface area contributed by atoms with Crippen molar-refractivity contribution in [3.63, 3.8) is 0 Å². The zero-order chi connectivity index (χ0) is 49.4. The van der Waals surface area contributed by atoms with Crippen LogP contribution in [-0.2, 0) is 14.3 Å². The van der Waals surface area contributed by atoms with Gasteiger partial charge in [-0.3, -0.25) is 4.79 Å². The highest BCUT2D eigenvalue weighted by Gasteiger charge is 2.44. The van der Waals surface area contributed by atoms with Crippen molar-refractivity contribution in [3.8, 4) is 0 Å². The lowest BCUT2D eigenvalue weighted by Crippen LogP contribution is -2.60. The van der Waals surface area contributed by atoms with Crippen molar-refractivity contribution in [2.24, 2.45) is 0 Å². The molecular weight excluding hydrogens is 851 g/mol. The maximum Gasteiger partial charge on any atom is 0.220 e. The van der Waals surface area contributed by atoms with Crippen LogP contribution in [0.15, 0.2) is 24.3 Å². The maximum absolute atomic E-state index is 13.0. The van der Waals surface area contributed by atoms with Crippen LogP contribution in [0.25, 0.3) is 0 Å². The van der Waals surface area contributed by atoms with Crippen molar-refractivity contribution >= 4 is 5.91 Å². The van der Waals surface area contributed by atoms with E-state index in [1.165, 1.54) is 231 Å². The molecule has 1 amide bonds. The number of hydrogen-bond acceptors (Lipinski definition) is 8. The Kier molecular flexibility index (Phi) is 46.9. The Morgan fingerprint density at radius 1 is 0.485 bits per heavy atom. The zero-order valence-corrected chi connectivity index (χ0v) is 44.6. The molecule has 0 aliphatic carbocycles. The molecule has 1 rings (SSSR count). The molecule has 1 heterocycles. The molecule has 0 saturated carbocycles. The van der Waals surface area contributed by atoms with E-state index in [4.69, 9.17) is 9.47 Å². The molecule has 0 aromatic heterocycles. The predicted octanol–water partition coefficient (Wildman–Crippen LogP) is 14.6. The molecule has 402 valence electrons. The molecule has 0 aromatic carbocycles. The van der Waals surface area contributed by atoms with Crippen molar-refractivity contribution in [2.45, 2.75) is 333 Å². The Morgan fingerprint density at radius 2 is 0.824 bits per heavy atom. The Bertz CT molecular complexity index is 1120. The molecule has 1 fully saturated rings. The standard InChI is InChI=1S/C59H113NO8/c1-3-5-7-9-11-13-15-16-17-18-19-20-21-22-23-24-25-26-27-28-29-30-31-32-33-34-35-36-37-38-39-41-43-45-47-49-55(63)60-52(51-67-59-58(66)57(65)56(64)54(50-61)68-59)53(62)48-46-44-42-40-14-12-10-8-6-4-2/h18-19,46,48,52-54,56-59,61-62,64-66H,3-17,20-45,47,49-51H2,1-2H3,(H,60,63)/b19-18-,48-46+. The van der Waals surface area contributed by atoms with Gasteiger partial charge in [-0.2, -0.15) is 0 Å². The Morgan fingerprint density at radius 3 is 1.19 bits per heavy atom. The molecule has 1 aliphatic heterocycles. The Hall–Kier alpha value is -1.33. The van der Waals surface area contributed by atoms with E-state index in [1.807, 2.05) is 6.08 Å². The van der Waals surface area contributed by atoms with Crippen molar-refractivity contribution in [3.05, 3.63) is 24.3 Å². The first-order valence-corrected chi connectivity index (χ1v) is 29.6. The number of nitrogens with one attached hydrogen (secondary N) is 1. The van der Waals surface area contributed by atoms with Crippen molar-refractivity contribution in [2.75, 3.05) is 13.2 Å². The van der Waals surface area contributed by atoms with Crippen LogP contribution < -0.4 is 5.32 Å². The van der Waals surface area contributed by atoms with E-state index in [-0.39, 0.29) is 12.5 Å². The first kappa shape index (κ1) is 64.7. The van der Waals surface area contributed by atoms with Gasteiger partial charge in [-0.15, -0.1) is 0 Å². The van der Waals surface area contributed by atoms with E-state index < -0.39 is 49.5 Å². The minimum absolute atomic E-state index is 0.174. The monoisotopic (exact) mass is 964 g/mol. The van der Waals surface area contributed by atoms with Gasteiger partial charge >= 0.3 is 0 Å². The average Bonchev–Trinajstić information content (AvgIpc) is 3.34. The van der Waals surface area contributed by atoms with Gasteiger partial charge in [-0.25, -0.2) is 0 Å². The third-order valence-electron chi connectivity index (χ3n) is 14.3. The second-order valence-electron chi connectivity index (χ2n) is 20.8. The number of aliphatic hydroxyl groups excluding tert-OH is 5. The van der Waals surface area contributed by atoms with Crippen LogP contribution in [0, 0.1) is 0 Å². The molecule has 0 aromatic rings. The quantitative estimate of drug-likeness (QED) is 0.0261. The molecule has 1 saturated heterocycles. The van der Waals surface area contributed by atoms with E-state index in [0.717, 1.165) is 38.5 Å². The minimum Gasteiger partial charge on any atom is -0.394 e. The summed E-state index contributed by atoms with van der Waals surface area (Å²) in [4.78, 5) is 13.0. The second-order valence-corrected chi connectivity index (χ2v) is 20.8. The van der Waals surface area contributed by atoms with Crippen LogP contribution in [0.4, 0.5) is 0 Å². The first-order chi connectivity index (χ1) is 33.3. The molecule has 9 heteroatoms. The average molecular weight is 965 g/mol. The minimum atomic E-state index is -1.56. The molecule has 6 N–H and O–H groups in total. The zero-order valence-electron chi connectivity index (χ0n) is 44.6. The number of aliphatic hydroxyl groups is 5. The summed E-state index contributed by atoms with van der Waals surface area (Å²) >= 11 is 0. The molecule has 9 nitrogen and oxygen atoms in total. The Balaban J connectivity index is 2.03. The summed E-state index contributed by atoms with van der Waals surface area (Å²) in [5, 5.41) is 54.3. The molecule has 0 bridgehead atoms. The summed E-state index contributed by atoms with van der Waals surface area (Å²) in [5.41, 5.74) is 0. The molecule has 0 spiro atoms. The molecule has 68 heavy (non-hydrogen) atoms. The number of carbonyl (C=O) groups is 1. The summed E-state index contributed by atoms with van der Waals surface area (Å²) in [5.74, 6) is -0.174. The fourth-order valence-corrected chi connectivity index (χ4v) is 9.57. The number of allylic oxidation sites excluding steroid dienone is 3. The Labute approximate surface area is 419 Å². The SMILES string of the molecule is CCCCCCCCCC/C=C\CCCCCCCCCCCCCCCCCCCCCCCCCC(=O)NC(COC1OC(CO)C(O)C(O)C1O)C(O)/C=C/CCCCCCCCCC. The van der Waals surface area contributed by atoms with Crippen LogP contribution in [0.2, 0.25) is 0 Å². The number of ether oxygens (including phenoxy) is 2. The van der Waals surface area contributed by atoms with Crippen LogP contribution >= 0.6 is 0 Å². The van der Waals surface area contributed by atoms with Gasteiger partial charge in [-0.1, -0.05) is 263 Å². The van der Waals surface area contributed by atoms with Gasteiger partial charge in [0.25, 0.3) is 0 Å². The van der Waals surface area contributed by atoms with Crippen LogP contribution in [-0.4, -0.2) is 87.5 Å². The van der Waals surface area contributed by atoms with E-state index in [1.54, 1.807) is 6.08 Å². The summed E-state index contributed by atoms with van der Waals surface area (Å²) in [6.07, 6.45) is 55.7. The van der Waals surface area contributed by atoms with Gasteiger partial charge in [0.05, 0.1) is 25.4 Å². The molecule has 1 aliphatic rings. The number of hydrogen-bond donors (Lipinski definition) is 6. The highest BCUT2D eigenvalue weighted by Crippen LogP contribution is 2.23. The second kappa shape index (κ2) is 49.3. The van der Waals surface area contributed by atoms with Gasteiger partial charge in [0.1, 0.15) is 24.4 Å². The normalized spacial score (nSPS) is 19.7. The number of unbranched alkanes of at least 4 members (excludes halogenated alkanes) is 39. The predicted molar refractivity (Wildman–Crippen MR) is 286 cm³/mol. The van der Waals surface area contributed by atoms with E-state index in [9.17, 15) is 30.3 Å². The summed E-state index contributed by atoms with van der Waals surface area (Å²) in [6, 6.07) is -0.800. The van der Waals surface area contributed by atoms with Crippen LogP contribution in [0.3, 0.4) is 0 Å². The van der Waals surface area contributed by atoms with Gasteiger partial charge in [0.15, 0.2) is 6.29 Å². The maximum atomic E-state index is 13.0. The fourth-order valence-electron chi connectivity index (χ4n) is 9.57. The summed E-state index contributed by atoms with van der Waals surface area (Å²) < 4.78 is 11.2. The summed E-state index contributed by atoms with van der Waals surface area (Å²) in [7, 11) is 0. The lowest BCUT2D eigenvalue weighted by Gasteiger charge is -2.40. The molecule has 7 unspecified atom stereocenters. The van der Waals surface area contributed by atoms with E-state index in [2.05, 4.69) is 31.3 Å². The molecule has 7 atom stereocenters. The van der Waals surface area contributed by atoms with Gasteiger partial charge in [0, 0.05) is 6.42 Å². The van der Waals surface area contributed by atoms with Gasteiger partial charge in [-0.05, 0) is 44.9 Å². The van der Waals surface area contributed by atoms with Crippen molar-refractivity contribution < 1.29 is 39.8 Å². The fraction of sp³-hybridized carbons (Fsp3) is 0.915. The third kappa shape index (κ3) is 38.4. The number of rotatable bonds is 51. The van der Waals surface area contributed by atoms with Crippen molar-refractivity contribution in [1.82, 2.24) is 5.32 Å². The smallest absolute Gasteiger partial charge is 0.220 e. The van der Waals surface area contributed by atoms with Gasteiger partial charge < -0.3 is 40.3 Å². The highest BCUT2D eigenvalue weighted by molar-refractivity contribution is 5.76.